The minimum atomic E-state index is -0.518. The number of carbonyl (C=O) groups is 1. The number of hydrogen-bond acceptors (Lipinski definition) is 2. The molecule has 4 rings (SSSR count). The molecule has 0 saturated heterocycles. The van der Waals surface area contributed by atoms with Gasteiger partial charge in [-0.1, -0.05) is 24.3 Å². The van der Waals surface area contributed by atoms with Gasteiger partial charge in [0.15, 0.2) is 0 Å². The Morgan fingerprint density at radius 3 is 2.95 bits per heavy atom. The quantitative estimate of drug-likeness (QED) is 0.557. The Morgan fingerprint density at radius 2 is 2.14 bits per heavy atom. The van der Waals surface area contributed by atoms with E-state index in [1.54, 1.807) is 18.2 Å². The van der Waals surface area contributed by atoms with Gasteiger partial charge in [0.1, 0.15) is 0 Å². The van der Waals surface area contributed by atoms with Gasteiger partial charge in [-0.25, -0.2) is 0 Å². The Balaban J connectivity index is 2.19. The van der Waals surface area contributed by atoms with E-state index in [-0.39, 0.29) is 5.56 Å². The Hall–Kier alpha value is -2.88. The molecule has 1 aliphatic rings. The number of carbonyl (C=O) groups excluding carboxylic acids is 1. The molecule has 4 nitrogen and oxygen atoms in total. The van der Waals surface area contributed by atoms with E-state index in [2.05, 4.69) is 11.1 Å². The topological polar surface area (TPSA) is 76.0 Å². The fourth-order valence-electron chi connectivity index (χ4n) is 3.11. The molecule has 0 bridgehead atoms. The van der Waals surface area contributed by atoms with Crippen molar-refractivity contribution in [2.75, 3.05) is 0 Å². The maximum Gasteiger partial charge on any atom is 0.256 e. The number of pyridine rings is 1. The lowest BCUT2D eigenvalue weighted by Gasteiger charge is -2.08. The number of benzene rings is 2. The normalized spacial score (nSPS) is 12.2. The number of fused-ring (bicyclic) bond motifs is 5. The van der Waals surface area contributed by atoms with Crippen LogP contribution in [-0.2, 0) is 6.42 Å². The Bertz CT molecular complexity index is 970. The summed E-state index contributed by atoms with van der Waals surface area (Å²) in [5.41, 5.74) is 9.48. The summed E-state index contributed by atoms with van der Waals surface area (Å²) in [5.74, 6) is -0.518. The molecule has 2 aromatic carbocycles. The van der Waals surface area contributed by atoms with Crippen molar-refractivity contribution in [1.29, 1.82) is 0 Å². The van der Waals surface area contributed by atoms with Crippen LogP contribution in [0.15, 0.2) is 41.2 Å². The van der Waals surface area contributed by atoms with Crippen LogP contribution in [0.4, 0.5) is 0 Å². The van der Waals surface area contributed by atoms with Gasteiger partial charge in [-0.05, 0) is 29.3 Å². The van der Waals surface area contributed by atoms with Gasteiger partial charge in [0.2, 0.25) is 5.91 Å². The molecule has 3 aromatic rings. The maximum atomic E-state index is 12.3. The zero-order valence-electron chi connectivity index (χ0n) is 11.1. The fourth-order valence-corrected chi connectivity index (χ4v) is 3.11. The number of H-pyrrole nitrogens is 1. The second kappa shape index (κ2) is 4.06. The highest BCUT2D eigenvalue weighted by molar-refractivity contribution is 6.09. The lowest BCUT2D eigenvalue weighted by Crippen LogP contribution is -2.15. The first-order chi connectivity index (χ1) is 10.2. The molecule has 21 heavy (non-hydrogen) atoms. The van der Waals surface area contributed by atoms with Crippen molar-refractivity contribution in [2.24, 2.45) is 5.73 Å². The van der Waals surface area contributed by atoms with Crippen molar-refractivity contribution >= 4 is 16.7 Å². The van der Waals surface area contributed by atoms with Crippen molar-refractivity contribution in [2.45, 2.75) is 6.42 Å². The van der Waals surface area contributed by atoms with Crippen molar-refractivity contribution in [3.8, 4) is 11.3 Å². The molecule has 1 aliphatic carbocycles. The monoisotopic (exact) mass is 275 g/mol. The van der Waals surface area contributed by atoms with E-state index in [0.29, 0.717) is 22.8 Å². The van der Waals surface area contributed by atoms with Crippen LogP contribution in [-0.4, -0.2) is 10.9 Å². The standard InChI is InChI=1S/C17H11N2O2/c18-16(20)11-6-3-7-12-14(11)13-8-9-4-1-2-5-10(9)15(13)19-17(12)21/h2-7H,8H2,(H2,18,20)(H,19,21). The molecule has 0 aliphatic heterocycles. The third kappa shape index (κ3) is 1.56. The Kier molecular flexibility index (Phi) is 2.30. The van der Waals surface area contributed by atoms with E-state index >= 15 is 0 Å². The van der Waals surface area contributed by atoms with Gasteiger partial charge < -0.3 is 10.7 Å². The molecule has 0 spiro atoms. The van der Waals surface area contributed by atoms with Crippen LogP contribution in [0, 0.1) is 6.07 Å². The van der Waals surface area contributed by atoms with Crippen LogP contribution < -0.4 is 11.3 Å². The highest BCUT2D eigenvalue weighted by Gasteiger charge is 2.24. The third-order valence-corrected chi connectivity index (χ3v) is 4.00. The highest BCUT2D eigenvalue weighted by Crippen LogP contribution is 2.38. The van der Waals surface area contributed by atoms with Gasteiger partial charge in [0.25, 0.3) is 5.56 Å². The average molecular weight is 275 g/mol. The van der Waals surface area contributed by atoms with E-state index in [1.807, 2.05) is 18.2 Å². The Morgan fingerprint density at radius 1 is 1.29 bits per heavy atom. The second-order valence-electron chi connectivity index (χ2n) is 5.16. The van der Waals surface area contributed by atoms with Gasteiger partial charge in [0.05, 0.1) is 5.69 Å². The van der Waals surface area contributed by atoms with Crippen molar-refractivity contribution in [3.63, 3.8) is 0 Å². The molecule has 4 heteroatoms. The molecule has 1 aromatic heterocycles. The minimum Gasteiger partial charge on any atom is -0.366 e. The number of aromatic nitrogens is 1. The summed E-state index contributed by atoms with van der Waals surface area (Å²) in [7, 11) is 0. The molecule has 0 atom stereocenters. The molecule has 3 N–H and O–H groups in total. The average Bonchev–Trinajstić information content (AvgIpc) is 2.85. The summed E-state index contributed by atoms with van der Waals surface area (Å²) < 4.78 is 0. The van der Waals surface area contributed by atoms with Crippen molar-refractivity contribution in [1.82, 2.24) is 4.98 Å². The van der Waals surface area contributed by atoms with E-state index in [9.17, 15) is 9.59 Å². The van der Waals surface area contributed by atoms with E-state index in [0.717, 1.165) is 22.4 Å². The SMILES string of the molecule is NC(=O)c1cccc2c(=O)[nH]c3c(c12)Cc1c[c]ccc1-3. The highest BCUT2D eigenvalue weighted by atomic mass is 16.1. The second-order valence-corrected chi connectivity index (χ2v) is 5.16. The van der Waals surface area contributed by atoms with Crippen LogP contribution in [0.2, 0.25) is 0 Å². The predicted molar refractivity (Wildman–Crippen MR) is 80.2 cm³/mol. The molecule has 101 valence electrons. The molecular formula is C17H11N2O2. The first kappa shape index (κ1) is 11.9. The smallest absolute Gasteiger partial charge is 0.256 e. The van der Waals surface area contributed by atoms with Gasteiger partial charge in [-0.2, -0.15) is 0 Å². The van der Waals surface area contributed by atoms with Gasteiger partial charge in [0, 0.05) is 28.3 Å². The summed E-state index contributed by atoms with van der Waals surface area (Å²) in [6, 6.07) is 13.8. The van der Waals surface area contributed by atoms with Crippen LogP contribution >= 0.6 is 0 Å². The number of rotatable bonds is 1. The molecule has 0 saturated carbocycles. The van der Waals surface area contributed by atoms with Crippen LogP contribution in [0.3, 0.4) is 0 Å². The third-order valence-electron chi connectivity index (χ3n) is 4.00. The maximum absolute atomic E-state index is 12.3. The number of primary amides is 1. The lowest BCUT2D eigenvalue weighted by molar-refractivity contribution is 0.100. The van der Waals surface area contributed by atoms with Crippen molar-refractivity contribution in [3.05, 3.63) is 69.5 Å². The zero-order valence-corrected chi connectivity index (χ0v) is 11.1. The van der Waals surface area contributed by atoms with Gasteiger partial charge in [-0.15, -0.1) is 0 Å². The van der Waals surface area contributed by atoms with Gasteiger partial charge in [-0.3, -0.25) is 9.59 Å². The summed E-state index contributed by atoms with van der Waals surface area (Å²) in [6.07, 6.45) is 0.666. The first-order valence-corrected chi connectivity index (χ1v) is 6.64. The number of nitrogens with one attached hydrogen (secondary N) is 1. The molecule has 0 unspecified atom stereocenters. The zero-order chi connectivity index (χ0) is 14.6. The molecule has 1 amide bonds. The first-order valence-electron chi connectivity index (χ1n) is 6.64. The molecular weight excluding hydrogens is 264 g/mol. The summed E-state index contributed by atoms with van der Waals surface area (Å²) >= 11 is 0. The number of nitrogens with two attached hydrogens (primary N) is 1. The number of aromatic amines is 1. The Labute approximate surface area is 120 Å². The van der Waals surface area contributed by atoms with Crippen LogP contribution in [0.1, 0.15) is 21.5 Å². The van der Waals surface area contributed by atoms with E-state index < -0.39 is 5.91 Å². The number of hydrogen-bond donors (Lipinski definition) is 2. The van der Waals surface area contributed by atoms with E-state index in [1.165, 1.54) is 0 Å². The largest absolute Gasteiger partial charge is 0.366 e. The van der Waals surface area contributed by atoms with Gasteiger partial charge >= 0.3 is 0 Å². The van der Waals surface area contributed by atoms with E-state index in [4.69, 9.17) is 5.73 Å². The number of amides is 1. The minimum absolute atomic E-state index is 0.201. The predicted octanol–water partition coefficient (Wildman–Crippen LogP) is 2.00. The van der Waals surface area contributed by atoms with Crippen molar-refractivity contribution < 1.29 is 4.79 Å². The molecule has 0 fully saturated rings. The molecule has 1 heterocycles. The summed E-state index contributed by atoms with van der Waals surface area (Å²) in [6.45, 7) is 0. The summed E-state index contributed by atoms with van der Waals surface area (Å²) in [5, 5.41) is 1.17. The molecule has 1 radical (unpaired) electrons. The van der Waals surface area contributed by atoms with Crippen LogP contribution in [0.25, 0.3) is 22.0 Å². The summed E-state index contributed by atoms with van der Waals surface area (Å²) in [4.78, 5) is 26.9. The van der Waals surface area contributed by atoms with Crippen LogP contribution in [0.5, 0.6) is 0 Å². The lowest BCUT2D eigenvalue weighted by atomic mass is 9.98. The fraction of sp³-hybridized carbons (Fsp3) is 0.0588.